The van der Waals surface area contributed by atoms with Crippen molar-refractivity contribution in [3.8, 4) is 11.5 Å². The number of carbonyl (C=O) groups excluding carboxylic acids is 2. The lowest BCUT2D eigenvalue weighted by Crippen LogP contribution is -2.38. The van der Waals surface area contributed by atoms with Crippen LogP contribution in [-0.2, 0) is 19.1 Å². The number of nitrogens with one attached hydrogen (secondary N) is 2. The smallest absolute Gasteiger partial charge is 0.431 e. The lowest BCUT2D eigenvalue weighted by molar-refractivity contribution is -0.384. The van der Waals surface area contributed by atoms with Gasteiger partial charge in [-0.25, -0.2) is 9.59 Å². The molecule has 2 aromatic rings. The van der Waals surface area contributed by atoms with Crippen molar-refractivity contribution in [2.75, 3.05) is 33.0 Å². The number of hydrogen-bond acceptors (Lipinski definition) is 11. The van der Waals surface area contributed by atoms with Crippen LogP contribution in [0, 0.1) is 10.1 Å². The van der Waals surface area contributed by atoms with Crippen molar-refractivity contribution in [3.05, 3.63) is 86.7 Å². The Labute approximate surface area is 263 Å². The minimum absolute atomic E-state index is 0.0782. The molecule has 1 aliphatic heterocycles. The van der Waals surface area contributed by atoms with E-state index in [9.17, 15) is 38.0 Å². The number of carbonyl (C=O) groups is 2. The van der Waals surface area contributed by atoms with Gasteiger partial charge in [0.1, 0.15) is 43.1 Å². The third kappa shape index (κ3) is 9.68. The average molecular weight is 652 g/mol. The molecular weight excluding hydrogens is 615 g/mol. The van der Waals surface area contributed by atoms with Crippen molar-refractivity contribution in [1.82, 2.24) is 10.6 Å². The number of dihydropyridines is 1. The van der Waals surface area contributed by atoms with E-state index >= 15 is 0 Å². The molecule has 0 radical (unpaired) electrons. The van der Waals surface area contributed by atoms with Gasteiger partial charge in [0, 0.05) is 30.4 Å². The molecule has 12 nitrogen and oxygen atoms in total. The van der Waals surface area contributed by atoms with E-state index in [0.29, 0.717) is 18.0 Å². The summed E-state index contributed by atoms with van der Waals surface area (Å²) in [6.07, 6.45) is -5.76. The predicted octanol–water partition coefficient (Wildman–Crippen LogP) is 4.30. The highest BCUT2D eigenvalue weighted by atomic mass is 19.4. The van der Waals surface area contributed by atoms with E-state index in [2.05, 4.69) is 10.6 Å². The van der Waals surface area contributed by atoms with Gasteiger partial charge in [-0.05, 0) is 43.7 Å². The summed E-state index contributed by atoms with van der Waals surface area (Å²) < 4.78 is 63.8. The standard InChI is InChI=1S/C31H36F3N3O9/c1-5-43-30(40)27-26(20-7-6-8-21(15-20)37(41)42)25(19(4)36-28(27)31(32,33)34)29(39)45-14-13-44-23-9-11-24(12-10-23)46-17-22(38)16-35-18(2)3/h6-12,15,18,22,26,35-36,38H,5,13-14,16-17H2,1-4H3. The van der Waals surface area contributed by atoms with Crippen molar-refractivity contribution in [1.29, 1.82) is 0 Å². The predicted molar refractivity (Wildman–Crippen MR) is 159 cm³/mol. The maximum absolute atomic E-state index is 14.1. The summed E-state index contributed by atoms with van der Waals surface area (Å²) in [5.74, 6) is -3.23. The normalized spacial score (nSPS) is 15.7. The van der Waals surface area contributed by atoms with Crippen molar-refractivity contribution in [3.63, 3.8) is 0 Å². The van der Waals surface area contributed by atoms with Gasteiger partial charge in [0.15, 0.2) is 0 Å². The van der Waals surface area contributed by atoms with Gasteiger partial charge in [-0.15, -0.1) is 0 Å². The number of benzene rings is 2. The Morgan fingerprint density at radius 3 is 2.24 bits per heavy atom. The van der Waals surface area contributed by atoms with Crippen LogP contribution in [0.15, 0.2) is 71.1 Å². The number of aliphatic hydroxyl groups is 1. The monoisotopic (exact) mass is 651 g/mol. The first kappa shape index (κ1) is 35.8. The Hall–Kier alpha value is -4.63. The molecule has 0 aliphatic carbocycles. The number of nitrogens with zero attached hydrogens (tertiary/aromatic N) is 1. The van der Waals surface area contributed by atoms with Crippen LogP contribution < -0.4 is 20.1 Å². The number of allylic oxidation sites excluding steroid dienone is 2. The van der Waals surface area contributed by atoms with Crippen LogP contribution in [0.2, 0.25) is 0 Å². The van der Waals surface area contributed by atoms with Gasteiger partial charge < -0.3 is 34.7 Å². The Bertz CT molecular complexity index is 1460. The molecule has 3 N–H and O–H groups in total. The Morgan fingerprint density at radius 2 is 1.65 bits per heavy atom. The summed E-state index contributed by atoms with van der Waals surface area (Å²) in [7, 11) is 0. The summed E-state index contributed by atoms with van der Waals surface area (Å²) in [5.41, 5.74) is -3.58. The van der Waals surface area contributed by atoms with Gasteiger partial charge in [-0.1, -0.05) is 26.0 Å². The molecule has 0 bridgehead atoms. The van der Waals surface area contributed by atoms with Gasteiger partial charge in [0.25, 0.3) is 5.69 Å². The third-order valence-electron chi connectivity index (χ3n) is 6.59. The zero-order valence-electron chi connectivity index (χ0n) is 25.7. The lowest BCUT2D eigenvalue weighted by Gasteiger charge is -2.32. The number of nitro groups is 1. The first-order chi connectivity index (χ1) is 21.7. The maximum Gasteiger partial charge on any atom is 0.431 e. The molecule has 46 heavy (non-hydrogen) atoms. The molecule has 0 amide bonds. The first-order valence-corrected chi connectivity index (χ1v) is 14.4. The number of halogens is 3. The van der Waals surface area contributed by atoms with Gasteiger partial charge in [-0.2, -0.15) is 13.2 Å². The van der Waals surface area contributed by atoms with E-state index in [0.717, 1.165) is 12.1 Å². The van der Waals surface area contributed by atoms with E-state index < -0.39 is 52.0 Å². The Kier molecular flexibility index (Phi) is 12.5. The van der Waals surface area contributed by atoms with E-state index in [1.165, 1.54) is 26.0 Å². The second-order valence-electron chi connectivity index (χ2n) is 10.4. The van der Waals surface area contributed by atoms with Crippen LogP contribution in [0.3, 0.4) is 0 Å². The van der Waals surface area contributed by atoms with Gasteiger partial charge >= 0.3 is 18.1 Å². The Morgan fingerprint density at radius 1 is 1.02 bits per heavy atom. The zero-order chi connectivity index (χ0) is 34.0. The van der Waals surface area contributed by atoms with Crippen molar-refractivity contribution >= 4 is 17.6 Å². The molecule has 15 heteroatoms. The second kappa shape index (κ2) is 16.1. The second-order valence-corrected chi connectivity index (χ2v) is 10.4. The van der Waals surface area contributed by atoms with Crippen LogP contribution in [0.4, 0.5) is 18.9 Å². The molecule has 0 spiro atoms. The minimum atomic E-state index is -5.06. The highest BCUT2D eigenvalue weighted by Crippen LogP contribution is 2.44. The number of hydrogen-bond donors (Lipinski definition) is 3. The zero-order valence-corrected chi connectivity index (χ0v) is 25.7. The molecule has 0 aromatic heterocycles. The molecular formula is C31H36F3N3O9. The molecule has 0 fully saturated rings. The van der Waals surface area contributed by atoms with Gasteiger partial charge in [0.2, 0.25) is 0 Å². The minimum Gasteiger partial charge on any atom is -0.491 e. The van der Waals surface area contributed by atoms with E-state index in [1.807, 2.05) is 13.8 Å². The van der Waals surface area contributed by atoms with E-state index in [1.54, 1.807) is 24.3 Å². The van der Waals surface area contributed by atoms with Crippen LogP contribution in [0.5, 0.6) is 11.5 Å². The maximum atomic E-state index is 14.1. The van der Waals surface area contributed by atoms with Gasteiger partial charge in [-0.3, -0.25) is 10.1 Å². The number of esters is 2. The number of aliphatic hydroxyl groups excluding tert-OH is 1. The largest absolute Gasteiger partial charge is 0.491 e. The van der Waals surface area contributed by atoms with Crippen molar-refractivity contribution in [2.24, 2.45) is 0 Å². The molecule has 1 heterocycles. The molecule has 0 saturated heterocycles. The number of ether oxygens (including phenoxy) is 4. The molecule has 250 valence electrons. The summed E-state index contributed by atoms with van der Waals surface area (Å²) in [6, 6.07) is 11.3. The quantitative estimate of drug-likeness (QED) is 0.109. The van der Waals surface area contributed by atoms with Crippen molar-refractivity contribution in [2.45, 2.75) is 51.9 Å². The fourth-order valence-corrected chi connectivity index (χ4v) is 4.53. The first-order valence-electron chi connectivity index (χ1n) is 14.4. The van der Waals surface area contributed by atoms with Crippen molar-refractivity contribution < 1.29 is 51.7 Å². The lowest BCUT2D eigenvalue weighted by atomic mass is 9.80. The number of alkyl halides is 3. The third-order valence-corrected chi connectivity index (χ3v) is 6.59. The topological polar surface area (TPSA) is 158 Å². The molecule has 0 saturated carbocycles. The Balaban J connectivity index is 1.75. The van der Waals surface area contributed by atoms with Crippen LogP contribution in [0.25, 0.3) is 0 Å². The summed E-state index contributed by atoms with van der Waals surface area (Å²) >= 11 is 0. The summed E-state index contributed by atoms with van der Waals surface area (Å²) in [5, 5.41) is 26.6. The fourth-order valence-electron chi connectivity index (χ4n) is 4.53. The number of nitro benzene ring substituents is 1. The van der Waals surface area contributed by atoms with Crippen LogP contribution in [-0.4, -0.2) is 73.3 Å². The van der Waals surface area contributed by atoms with E-state index in [4.69, 9.17) is 18.9 Å². The SMILES string of the molecule is CCOC(=O)C1=C(C(F)(F)F)NC(C)=C(C(=O)OCCOc2ccc(OCC(O)CNC(C)C)cc2)C1c1cccc([N+](=O)[O-])c1. The fraction of sp³-hybridized carbons (Fsp3) is 0.419. The summed E-state index contributed by atoms with van der Waals surface area (Å²) in [6.45, 7) is 6.25. The number of rotatable bonds is 15. The van der Waals surface area contributed by atoms with E-state index in [-0.39, 0.29) is 49.3 Å². The molecule has 2 unspecified atom stereocenters. The van der Waals surface area contributed by atoms with Crippen LogP contribution >= 0.6 is 0 Å². The van der Waals surface area contributed by atoms with Gasteiger partial charge in [0.05, 0.1) is 28.6 Å². The molecule has 1 aliphatic rings. The van der Waals surface area contributed by atoms with Crippen LogP contribution in [0.1, 0.15) is 39.2 Å². The molecule has 3 rings (SSSR count). The average Bonchev–Trinajstić information content (AvgIpc) is 3.00. The highest BCUT2D eigenvalue weighted by molar-refractivity contribution is 6.00. The highest BCUT2D eigenvalue weighted by Gasteiger charge is 2.47. The summed E-state index contributed by atoms with van der Waals surface area (Å²) in [4.78, 5) is 37.0. The molecule has 2 aromatic carbocycles. The number of non-ortho nitro benzene ring substituents is 1. The molecule has 2 atom stereocenters.